The van der Waals surface area contributed by atoms with Crippen molar-refractivity contribution in [2.75, 3.05) is 0 Å². The second kappa shape index (κ2) is 5.64. The van der Waals surface area contributed by atoms with E-state index in [1.807, 2.05) is 0 Å². The molecule has 0 spiro atoms. The summed E-state index contributed by atoms with van der Waals surface area (Å²) in [7, 11) is 0. The zero-order valence-corrected chi connectivity index (χ0v) is 5.88. The smallest absolute Gasteiger partial charge is 0.348 e. The van der Waals surface area contributed by atoms with Gasteiger partial charge in [-0.1, -0.05) is 0 Å². The summed E-state index contributed by atoms with van der Waals surface area (Å²) in [6.45, 7) is 0. The maximum Gasteiger partial charge on any atom is 0.348 e. The first kappa shape index (κ1) is 9.87. The summed E-state index contributed by atoms with van der Waals surface area (Å²) in [5.74, 6) is -1.87. The van der Waals surface area contributed by atoms with E-state index in [4.69, 9.17) is 5.11 Å². The van der Waals surface area contributed by atoms with Crippen molar-refractivity contribution in [2.24, 2.45) is 0 Å². The molecule has 0 aromatic rings. The average molecular weight is 164 g/mol. The van der Waals surface area contributed by atoms with Crippen LogP contribution in [0.15, 0.2) is 0 Å². The van der Waals surface area contributed by atoms with Crippen molar-refractivity contribution in [3.8, 4) is 0 Å². The van der Waals surface area contributed by atoms with Gasteiger partial charge in [-0.2, -0.15) is 0 Å². The van der Waals surface area contributed by atoms with E-state index in [2.05, 4.69) is 4.94 Å². The second-order valence-electron chi connectivity index (χ2n) is 2.05. The number of hydrogen-bond acceptors (Lipinski definition) is 3. The zero-order valence-electron chi connectivity index (χ0n) is 5.88. The number of carboxylic acid groups (broad SMARTS) is 1. The van der Waals surface area contributed by atoms with Gasteiger partial charge in [0.15, 0.2) is 0 Å². The van der Waals surface area contributed by atoms with E-state index in [-0.39, 0.29) is 12.8 Å². The largest absolute Gasteiger partial charge is 0.481 e. The van der Waals surface area contributed by atoms with Crippen LogP contribution in [0.4, 0.5) is 4.53 Å². The van der Waals surface area contributed by atoms with Crippen molar-refractivity contribution in [3.05, 3.63) is 0 Å². The summed E-state index contributed by atoms with van der Waals surface area (Å²) < 4.78 is 11.0. The van der Waals surface area contributed by atoms with Crippen LogP contribution in [0.3, 0.4) is 0 Å². The van der Waals surface area contributed by atoms with Gasteiger partial charge in [-0.15, -0.1) is 0 Å². The molecule has 0 aliphatic heterocycles. The Morgan fingerprint density at radius 1 is 1.27 bits per heavy atom. The molecule has 0 aromatic carbocycles. The predicted molar refractivity (Wildman–Crippen MR) is 33.3 cm³/mol. The van der Waals surface area contributed by atoms with Crippen LogP contribution in [0.25, 0.3) is 0 Å². The molecule has 1 N–H and O–H groups in total. The molecule has 0 heterocycles. The highest BCUT2D eigenvalue weighted by molar-refractivity contribution is 5.69. The zero-order chi connectivity index (χ0) is 8.69. The minimum atomic E-state index is -0.949. The van der Waals surface area contributed by atoms with Crippen LogP contribution in [0, 0.1) is 0 Å². The third kappa shape index (κ3) is 6.76. The van der Waals surface area contributed by atoms with E-state index in [0.717, 1.165) is 0 Å². The van der Waals surface area contributed by atoms with Crippen molar-refractivity contribution >= 4 is 11.9 Å². The monoisotopic (exact) mass is 164 g/mol. The van der Waals surface area contributed by atoms with E-state index in [1.54, 1.807) is 0 Å². The van der Waals surface area contributed by atoms with E-state index < -0.39 is 11.9 Å². The molecule has 64 valence electrons. The molecule has 4 nitrogen and oxygen atoms in total. The fourth-order valence-corrected chi connectivity index (χ4v) is 0.584. The summed E-state index contributed by atoms with van der Waals surface area (Å²) in [6.07, 6.45) is 0.642. The standard InChI is InChI=1S/C6H9FO4/c7-11-6(10)4-2-1-3-5(8)9/h1-4H2,(H,8,9). The number of rotatable bonds is 5. The highest BCUT2D eigenvalue weighted by Gasteiger charge is 2.03. The van der Waals surface area contributed by atoms with Crippen LogP contribution in [0.1, 0.15) is 25.7 Å². The third-order valence-electron chi connectivity index (χ3n) is 1.11. The molecular formula is C6H9FO4. The highest BCUT2D eigenvalue weighted by atomic mass is 19.3. The van der Waals surface area contributed by atoms with E-state index >= 15 is 0 Å². The molecule has 0 fully saturated rings. The van der Waals surface area contributed by atoms with Gasteiger partial charge in [0.25, 0.3) is 0 Å². The Morgan fingerprint density at radius 3 is 2.27 bits per heavy atom. The minimum Gasteiger partial charge on any atom is -0.481 e. The lowest BCUT2D eigenvalue weighted by Crippen LogP contribution is -1.99. The molecule has 5 heteroatoms. The molecule has 0 saturated heterocycles. The molecule has 0 atom stereocenters. The van der Waals surface area contributed by atoms with Gasteiger partial charge < -0.3 is 5.11 Å². The van der Waals surface area contributed by atoms with E-state index in [0.29, 0.717) is 12.8 Å². The van der Waals surface area contributed by atoms with Gasteiger partial charge >= 0.3 is 11.9 Å². The van der Waals surface area contributed by atoms with E-state index in [1.165, 1.54) is 0 Å². The summed E-state index contributed by atoms with van der Waals surface area (Å²) in [4.78, 5) is 22.9. The maximum absolute atomic E-state index is 11.0. The predicted octanol–water partition coefficient (Wildman–Crippen LogP) is 1.06. The van der Waals surface area contributed by atoms with Crippen LogP contribution in [-0.4, -0.2) is 17.0 Å². The van der Waals surface area contributed by atoms with Crippen LogP contribution >= 0.6 is 0 Å². The third-order valence-corrected chi connectivity index (χ3v) is 1.11. The lowest BCUT2D eigenvalue weighted by atomic mass is 10.2. The van der Waals surface area contributed by atoms with Crippen LogP contribution in [-0.2, 0) is 14.5 Å². The fourth-order valence-electron chi connectivity index (χ4n) is 0.584. The molecule has 0 saturated carbocycles. The lowest BCUT2D eigenvalue weighted by Gasteiger charge is -1.93. The summed E-state index contributed by atoms with van der Waals surface area (Å²) in [5.41, 5.74) is 0. The first-order valence-electron chi connectivity index (χ1n) is 3.20. The number of hydrogen-bond donors (Lipinski definition) is 1. The SMILES string of the molecule is O=C(O)CCCCC(=O)OF. The summed E-state index contributed by atoms with van der Waals surface area (Å²) in [5, 5.41) is 8.15. The number of carbonyl (C=O) groups is 2. The van der Waals surface area contributed by atoms with Crippen LogP contribution in [0.5, 0.6) is 0 Å². The molecule has 0 aromatic heterocycles. The molecule has 0 unspecified atom stereocenters. The Morgan fingerprint density at radius 2 is 1.82 bits per heavy atom. The van der Waals surface area contributed by atoms with E-state index in [9.17, 15) is 14.1 Å². The maximum atomic E-state index is 11.0. The van der Waals surface area contributed by atoms with Crippen molar-refractivity contribution in [1.29, 1.82) is 0 Å². The number of unbranched alkanes of at least 4 members (excludes halogenated alkanes) is 1. The highest BCUT2D eigenvalue weighted by Crippen LogP contribution is 2.00. The lowest BCUT2D eigenvalue weighted by molar-refractivity contribution is -0.183. The fraction of sp³-hybridized carbons (Fsp3) is 0.667. The Bertz CT molecular complexity index is 146. The molecule has 0 aliphatic rings. The first-order chi connectivity index (χ1) is 5.16. The molecule has 0 radical (unpaired) electrons. The molecular weight excluding hydrogens is 155 g/mol. The Hall–Kier alpha value is -1.13. The van der Waals surface area contributed by atoms with Gasteiger partial charge in [0, 0.05) is 17.4 Å². The molecule has 0 bridgehead atoms. The summed E-state index contributed by atoms with van der Waals surface area (Å²) >= 11 is 0. The van der Waals surface area contributed by atoms with Crippen molar-refractivity contribution in [3.63, 3.8) is 0 Å². The van der Waals surface area contributed by atoms with Gasteiger partial charge in [0.05, 0.1) is 0 Å². The minimum absolute atomic E-state index is 0.000431. The molecule has 11 heavy (non-hydrogen) atoms. The van der Waals surface area contributed by atoms with Crippen LogP contribution < -0.4 is 0 Å². The summed E-state index contributed by atoms with van der Waals surface area (Å²) in [6, 6.07) is 0. The number of carbonyl (C=O) groups excluding carboxylic acids is 1. The Kier molecular flexibility index (Phi) is 5.06. The first-order valence-corrected chi connectivity index (χ1v) is 3.20. The van der Waals surface area contributed by atoms with Crippen molar-refractivity contribution in [1.82, 2.24) is 0 Å². The number of halogens is 1. The van der Waals surface area contributed by atoms with Gasteiger partial charge in [-0.25, -0.2) is 4.79 Å². The molecule has 0 rings (SSSR count). The van der Waals surface area contributed by atoms with Gasteiger partial charge in [-0.3, -0.25) is 9.74 Å². The molecule has 0 amide bonds. The van der Waals surface area contributed by atoms with Gasteiger partial charge in [0.2, 0.25) is 0 Å². The quantitative estimate of drug-likeness (QED) is 0.617. The number of carboxylic acids is 1. The Labute approximate surface area is 62.9 Å². The Balaban J connectivity index is 3.14. The van der Waals surface area contributed by atoms with Crippen LogP contribution in [0.2, 0.25) is 0 Å². The topological polar surface area (TPSA) is 63.6 Å². The average Bonchev–Trinajstić information content (AvgIpc) is 1.97. The van der Waals surface area contributed by atoms with Gasteiger partial charge in [-0.05, 0) is 12.8 Å². The number of aliphatic carboxylic acids is 1. The van der Waals surface area contributed by atoms with Gasteiger partial charge in [0.1, 0.15) is 0 Å². The normalized spacial score (nSPS) is 9.18. The van der Waals surface area contributed by atoms with Crippen molar-refractivity contribution in [2.45, 2.75) is 25.7 Å². The second-order valence-corrected chi connectivity index (χ2v) is 2.05. The van der Waals surface area contributed by atoms with Crippen molar-refractivity contribution < 1.29 is 24.2 Å². The molecule has 0 aliphatic carbocycles.